The minimum Gasteiger partial charge on any atom is -0.477 e. The Balaban J connectivity index is 2.27. The molecule has 0 bridgehead atoms. The molecule has 2 N–H and O–H groups in total. The van der Waals surface area contributed by atoms with E-state index in [2.05, 4.69) is 4.98 Å². The topological polar surface area (TPSA) is 75.1 Å². The highest BCUT2D eigenvalue weighted by atomic mass is 16.4. The van der Waals surface area contributed by atoms with Gasteiger partial charge in [-0.1, -0.05) is 12.1 Å². The predicted molar refractivity (Wildman–Crippen MR) is 75.1 cm³/mol. The number of carboxylic acids is 1. The highest BCUT2D eigenvalue weighted by molar-refractivity contribution is 5.92. The number of aromatic carboxylic acids is 1. The quantitative estimate of drug-likeness (QED) is 0.763. The highest BCUT2D eigenvalue weighted by Gasteiger charge is 2.14. The van der Waals surface area contributed by atoms with E-state index in [0.717, 1.165) is 11.2 Å². The molecule has 20 heavy (non-hydrogen) atoms. The molecule has 100 valence electrons. The van der Waals surface area contributed by atoms with E-state index >= 15 is 0 Å². The van der Waals surface area contributed by atoms with Crippen molar-refractivity contribution in [2.45, 2.75) is 6.54 Å². The number of H-pyrrole nitrogens is 1. The standard InChI is InChI=1S/C15H12N2O3/c18-14-11-5-1-2-6-13(11)17(9-12(14)15(19)20)8-10-4-3-7-16-10/h1-7,9,16H,8H2,(H,19,20). The molecule has 1 aromatic carbocycles. The second kappa shape index (κ2) is 4.70. The van der Waals surface area contributed by atoms with Crippen LogP contribution in [0.15, 0.2) is 53.6 Å². The number of hydrogen-bond acceptors (Lipinski definition) is 2. The monoisotopic (exact) mass is 268 g/mol. The first kappa shape index (κ1) is 12.2. The first-order valence-electron chi connectivity index (χ1n) is 6.14. The van der Waals surface area contributed by atoms with Crippen LogP contribution in [0.1, 0.15) is 16.1 Å². The van der Waals surface area contributed by atoms with Crippen LogP contribution < -0.4 is 5.43 Å². The van der Waals surface area contributed by atoms with E-state index in [1.165, 1.54) is 6.20 Å². The maximum absolute atomic E-state index is 12.1. The van der Waals surface area contributed by atoms with E-state index in [0.29, 0.717) is 11.9 Å². The lowest BCUT2D eigenvalue weighted by atomic mass is 10.1. The van der Waals surface area contributed by atoms with Gasteiger partial charge in [0.2, 0.25) is 5.43 Å². The fourth-order valence-corrected chi connectivity index (χ4v) is 2.28. The van der Waals surface area contributed by atoms with E-state index in [4.69, 9.17) is 5.11 Å². The Bertz CT molecular complexity index is 832. The summed E-state index contributed by atoms with van der Waals surface area (Å²) in [4.78, 5) is 26.4. The van der Waals surface area contributed by atoms with E-state index in [-0.39, 0.29) is 5.56 Å². The lowest BCUT2D eigenvalue weighted by molar-refractivity contribution is 0.0695. The number of carboxylic acid groups (broad SMARTS) is 1. The highest BCUT2D eigenvalue weighted by Crippen LogP contribution is 2.13. The van der Waals surface area contributed by atoms with Gasteiger partial charge in [0.1, 0.15) is 5.56 Å². The van der Waals surface area contributed by atoms with Crippen molar-refractivity contribution in [2.24, 2.45) is 0 Å². The third kappa shape index (κ3) is 1.99. The fraction of sp³-hybridized carbons (Fsp3) is 0.0667. The third-order valence-electron chi connectivity index (χ3n) is 3.22. The third-order valence-corrected chi connectivity index (χ3v) is 3.22. The number of nitrogens with zero attached hydrogens (tertiary/aromatic N) is 1. The zero-order valence-corrected chi connectivity index (χ0v) is 10.5. The molecule has 0 saturated heterocycles. The number of fused-ring (bicyclic) bond motifs is 1. The number of aromatic amines is 1. The molecule has 3 rings (SSSR count). The Morgan fingerprint density at radius 2 is 2.00 bits per heavy atom. The molecule has 0 unspecified atom stereocenters. The smallest absolute Gasteiger partial charge is 0.341 e. The lowest BCUT2D eigenvalue weighted by Gasteiger charge is -2.11. The number of aromatic nitrogens is 2. The molecule has 0 saturated carbocycles. The minimum absolute atomic E-state index is 0.213. The van der Waals surface area contributed by atoms with Crippen molar-refractivity contribution in [3.63, 3.8) is 0 Å². The van der Waals surface area contributed by atoms with E-state index < -0.39 is 11.4 Å². The average Bonchev–Trinajstić information content (AvgIpc) is 2.94. The van der Waals surface area contributed by atoms with Gasteiger partial charge in [0.15, 0.2) is 0 Å². The van der Waals surface area contributed by atoms with Crippen LogP contribution in [0.5, 0.6) is 0 Å². The van der Waals surface area contributed by atoms with Crippen LogP contribution in [-0.4, -0.2) is 20.6 Å². The number of hydrogen-bond donors (Lipinski definition) is 2. The van der Waals surface area contributed by atoms with Crippen LogP contribution in [0.4, 0.5) is 0 Å². The zero-order chi connectivity index (χ0) is 14.1. The van der Waals surface area contributed by atoms with Crippen molar-refractivity contribution >= 4 is 16.9 Å². The molecule has 5 nitrogen and oxygen atoms in total. The van der Waals surface area contributed by atoms with E-state index in [1.54, 1.807) is 22.9 Å². The maximum Gasteiger partial charge on any atom is 0.341 e. The van der Waals surface area contributed by atoms with Gasteiger partial charge >= 0.3 is 5.97 Å². The summed E-state index contributed by atoms with van der Waals surface area (Å²) in [6.07, 6.45) is 3.20. The molecule has 2 heterocycles. The number of pyridine rings is 1. The molecular weight excluding hydrogens is 256 g/mol. The minimum atomic E-state index is -1.21. The van der Waals surface area contributed by atoms with Gasteiger partial charge in [0.25, 0.3) is 0 Å². The summed E-state index contributed by atoms with van der Waals surface area (Å²) in [7, 11) is 0. The first-order chi connectivity index (χ1) is 9.66. The molecule has 0 aliphatic carbocycles. The maximum atomic E-state index is 12.1. The van der Waals surface area contributed by atoms with Crippen molar-refractivity contribution in [3.8, 4) is 0 Å². The van der Waals surface area contributed by atoms with Crippen LogP contribution in [-0.2, 0) is 6.54 Å². The van der Waals surface area contributed by atoms with Crippen molar-refractivity contribution in [3.05, 3.63) is 70.3 Å². The van der Waals surface area contributed by atoms with Gasteiger partial charge in [-0.25, -0.2) is 4.79 Å². The Labute approximate surface area is 114 Å². The normalized spacial score (nSPS) is 10.8. The first-order valence-corrected chi connectivity index (χ1v) is 6.14. The van der Waals surface area contributed by atoms with Gasteiger partial charge in [0.05, 0.1) is 12.1 Å². The van der Waals surface area contributed by atoms with Crippen molar-refractivity contribution < 1.29 is 9.90 Å². The van der Waals surface area contributed by atoms with Crippen LogP contribution >= 0.6 is 0 Å². The summed E-state index contributed by atoms with van der Waals surface area (Å²) in [6, 6.07) is 10.8. The van der Waals surface area contributed by atoms with Crippen LogP contribution in [0.3, 0.4) is 0 Å². The summed E-state index contributed by atoms with van der Waals surface area (Å²) in [5.41, 5.74) is 0.998. The molecule has 0 aliphatic rings. The number of rotatable bonds is 3. The second-order valence-corrected chi connectivity index (χ2v) is 4.52. The van der Waals surface area contributed by atoms with Crippen LogP contribution in [0, 0.1) is 0 Å². The molecule has 0 radical (unpaired) electrons. The molecule has 0 atom stereocenters. The molecule has 0 fully saturated rings. The van der Waals surface area contributed by atoms with Gasteiger partial charge < -0.3 is 14.7 Å². The Morgan fingerprint density at radius 3 is 2.70 bits per heavy atom. The Hall–Kier alpha value is -2.82. The largest absolute Gasteiger partial charge is 0.477 e. The fourth-order valence-electron chi connectivity index (χ4n) is 2.28. The molecule has 5 heteroatoms. The molecule has 0 aliphatic heterocycles. The number of nitrogens with one attached hydrogen (secondary N) is 1. The van der Waals surface area contributed by atoms with Crippen molar-refractivity contribution in [2.75, 3.05) is 0 Å². The molecule has 0 spiro atoms. The Kier molecular flexibility index (Phi) is 2.87. The summed E-state index contributed by atoms with van der Waals surface area (Å²) < 4.78 is 1.77. The van der Waals surface area contributed by atoms with Gasteiger partial charge in [-0.2, -0.15) is 0 Å². The molecule has 0 amide bonds. The number of para-hydroxylation sites is 1. The summed E-state index contributed by atoms with van der Waals surface area (Å²) in [6.45, 7) is 0.480. The van der Waals surface area contributed by atoms with Gasteiger partial charge in [0, 0.05) is 23.5 Å². The SMILES string of the molecule is O=C(O)c1cn(Cc2ccc[nH]2)c2ccccc2c1=O. The Morgan fingerprint density at radius 1 is 1.20 bits per heavy atom. The second-order valence-electron chi connectivity index (χ2n) is 4.52. The zero-order valence-electron chi connectivity index (χ0n) is 10.5. The van der Waals surface area contributed by atoms with Gasteiger partial charge in [-0.05, 0) is 24.3 Å². The van der Waals surface area contributed by atoms with Crippen LogP contribution in [0.25, 0.3) is 10.9 Å². The summed E-state index contributed by atoms with van der Waals surface area (Å²) in [5.74, 6) is -1.21. The van der Waals surface area contributed by atoms with E-state index in [9.17, 15) is 9.59 Å². The molecule has 2 aromatic heterocycles. The summed E-state index contributed by atoms with van der Waals surface area (Å²) >= 11 is 0. The molecular formula is C15H12N2O3. The van der Waals surface area contributed by atoms with E-state index in [1.807, 2.05) is 24.3 Å². The summed E-state index contributed by atoms with van der Waals surface area (Å²) in [5, 5.41) is 9.57. The predicted octanol–water partition coefficient (Wildman–Crippen LogP) is 2.08. The number of carbonyl (C=O) groups is 1. The van der Waals surface area contributed by atoms with Gasteiger partial charge in [-0.3, -0.25) is 4.79 Å². The average molecular weight is 268 g/mol. The van der Waals surface area contributed by atoms with Crippen molar-refractivity contribution in [1.29, 1.82) is 0 Å². The van der Waals surface area contributed by atoms with Crippen molar-refractivity contribution in [1.82, 2.24) is 9.55 Å². The number of benzene rings is 1. The molecule has 3 aromatic rings. The van der Waals surface area contributed by atoms with Crippen LogP contribution in [0.2, 0.25) is 0 Å². The van der Waals surface area contributed by atoms with Gasteiger partial charge in [-0.15, -0.1) is 0 Å². The lowest BCUT2D eigenvalue weighted by Crippen LogP contribution is -2.19.